The van der Waals surface area contributed by atoms with E-state index in [0.717, 1.165) is 33.3 Å². The summed E-state index contributed by atoms with van der Waals surface area (Å²) in [6.45, 7) is -0.578. The van der Waals surface area contributed by atoms with Crippen LogP contribution in [0.25, 0.3) is 33.8 Å². The molecule has 9 aromatic rings. The minimum absolute atomic E-state index is 0.0153. The molecule has 3 saturated heterocycles. The van der Waals surface area contributed by atoms with Crippen LogP contribution in [0, 0.1) is 31.6 Å². The molecule has 3 fully saturated rings. The molecule has 1 aromatic carbocycles. The summed E-state index contributed by atoms with van der Waals surface area (Å²) in [5.41, 5.74) is -4.49. The van der Waals surface area contributed by atoms with Gasteiger partial charge in [-0.3, -0.25) is 29.0 Å². The van der Waals surface area contributed by atoms with Gasteiger partial charge in [-0.2, -0.15) is 44.6 Å². The molecular formula is C67H61F15N18O5. The number of hydrogen-bond donors (Lipinski definition) is 3. The van der Waals surface area contributed by atoms with Gasteiger partial charge >= 0.3 is 18.5 Å². The first-order chi connectivity index (χ1) is 49.5. The highest BCUT2D eigenvalue weighted by molar-refractivity contribution is 6.00. The summed E-state index contributed by atoms with van der Waals surface area (Å²) in [6.07, 6.45) is -7.79. The van der Waals surface area contributed by atoms with Gasteiger partial charge in [0.05, 0.1) is 74.9 Å². The standard InChI is InChI=1S/C67H61F15N18O5/c1-34-15-62(68,69)31-98(45(34)21-88-51-27-85-48(24-91-51)65(74,75)76)59(101)54-44(30-97(4)96-54)43-20-83-11-10-39(43)14-41-17-64(72,73)33-100(47(41)23-90-53-29-87-50(26-93-53)67(80,81)82)61(103)56-58(105-36(3)95-56)42-13-37(18-84-19-42)12-40-16-63(70,71)32-99(46(40)22-89-52-28-86-49(25-92-52)66(77,78)79)60(102)55-57(104-35(2)94-55)38-8-6-5-7-9-38/h5-11,13,18-20,24-30,34,40-41,45-47H,12,14-17,21-23,31-33H2,1-4H3,(H,88,91)(H,89,92)(H,90,93)/t34-,40-,41-,45?,46?,47?/m1/s1. The van der Waals surface area contributed by atoms with Crippen molar-refractivity contribution in [2.45, 2.75) is 107 Å². The number of aryl methyl sites for hydroxylation is 3. The summed E-state index contributed by atoms with van der Waals surface area (Å²) in [4.78, 5) is 86.6. The van der Waals surface area contributed by atoms with E-state index in [1.54, 1.807) is 30.3 Å². The maximum atomic E-state index is 16.9. The first-order valence-electron chi connectivity index (χ1n) is 32.3. The Bertz CT molecular complexity index is 4620. The van der Waals surface area contributed by atoms with Crippen LogP contribution in [0.15, 0.2) is 119 Å². The van der Waals surface area contributed by atoms with Crippen molar-refractivity contribution in [1.82, 2.24) is 74.3 Å². The zero-order valence-electron chi connectivity index (χ0n) is 55.6. The summed E-state index contributed by atoms with van der Waals surface area (Å²) in [7, 11) is 1.41. The lowest BCUT2D eigenvalue weighted by Gasteiger charge is -2.45. The van der Waals surface area contributed by atoms with Crippen LogP contribution >= 0.6 is 0 Å². The monoisotopic (exact) mass is 1480 g/mol. The predicted octanol–water partition coefficient (Wildman–Crippen LogP) is 12.5. The molecular weight excluding hydrogens is 1420 g/mol. The molecule has 0 aliphatic carbocycles. The lowest BCUT2D eigenvalue weighted by atomic mass is 9.81. The molecule has 3 amide bonds. The van der Waals surface area contributed by atoms with Crippen molar-refractivity contribution >= 4 is 35.2 Å². The van der Waals surface area contributed by atoms with Gasteiger partial charge in [0.15, 0.2) is 57.5 Å². The molecule has 6 atom stereocenters. The van der Waals surface area contributed by atoms with E-state index < -0.39 is 177 Å². The third-order valence-electron chi connectivity index (χ3n) is 18.2. The Morgan fingerprint density at radius 2 is 0.962 bits per heavy atom. The highest BCUT2D eigenvalue weighted by Gasteiger charge is 2.52. The number of oxazole rings is 2. The van der Waals surface area contributed by atoms with Gasteiger partial charge in [0.1, 0.15) is 17.5 Å². The Hall–Kier alpha value is -10.9. The first kappa shape index (κ1) is 73.9. The second kappa shape index (κ2) is 28.7. The number of benzene rings is 1. The lowest BCUT2D eigenvalue weighted by molar-refractivity contribution is -0.142. The van der Waals surface area contributed by atoms with E-state index in [-0.39, 0.29) is 87.2 Å². The number of aromatic nitrogens is 12. The number of hydrogen-bond acceptors (Lipinski definition) is 19. The van der Waals surface area contributed by atoms with Crippen molar-refractivity contribution < 1.29 is 89.1 Å². The molecule has 0 bridgehead atoms. The quantitative estimate of drug-likeness (QED) is 0.0635. The Balaban J connectivity index is 0.860. The molecule has 0 spiro atoms. The van der Waals surface area contributed by atoms with Gasteiger partial charge < -0.3 is 39.5 Å². The molecule has 3 unspecified atom stereocenters. The zero-order chi connectivity index (χ0) is 75.3. The second-order valence-corrected chi connectivity index (χ2v) is 26.0. The van der Waals surface area contributed by atoms with Crippen molar-refractivity contribution in [3.8, 4) is 33.8 Å². The predicted molar refractivity (Wildman–Crippen MR) is 341 cm³/mol. The van der Waals surface area contributed by atoms with Gasteiger partial charge in [-0.15, -0.1) is 0 Å². The summed E-state index contributed by atoms with van der Waals surface area (Å²) in [5, 5.41) is 12.8. The summed E-state index contributed by atoms with van der Waals surface area (Å²) >= 11 is 0. The fraction of sp³-hybridized carbons (Fsp3) is 0.403. The molecule has 3 N–H and O–H groups in total. The van der Waals surface area contributed by atoms with Crippen LogP contribution in [0.4, 0.5) is 83.3 Å². The average Bonchev–Trinajstić information content (AvgIpc) is 1.76. The van der Waals surface area contributed by atoms with E-state index in [4.69, 9.17) is 8.83 Å². The zero-order valence-corrected chi connectivity index (χ0v) is 55.6. The minimum Gasteiger partial charge on any atom is -0.440 e. The number of alkyl halides is 15. The van der Waals surface area contributed by atoms with Crippen molar-refractivity contribution in [2.24, 2.45) is 24.8 Å². The largest absolute Gasteiger partial charge is 0.440 e. The summed E-state index contributed by atoms with van der Waals surface area (Å²) < 4.78 is 233. The van der Waals surface area contributed by atoms with Crippen LogP contribution in [0.1, 0.15) is 97.6 Å². The summed E-state index contributed by atoms with van der Waals surface area (Å²) in [6, 6.07) is 7.33. The number of pyridine rings is 2. The van der Waals surface area contributed by atoms with Crippen molar-refractivity contribution in [1.29, 1.82) is 0 Å². The van der Waals surface area contributed by atoms with E-state index in [0.29, 0.717) is 24.2 Å². The number of anilines is 3. The SMILES string of the molecule is Cc1nc(C(=O)N2CC(F)(F)C[C@@H](Cc3cncc(-c4oc(C)nc4C(=O)N4CC(F)(F)C[C@@H](Cc5ccncc5-c5cn(C)nc5C(=O)N5CC(F)(F)C[C@@H](C)C5CNc5cnc(C(F)(F)F)cn5)C4CNc4cnc(C(F)(F)F)cn4)c3)C2CNc2cnc(C(F)(F)F)cn2)c(-c2ccccc2)o1. The molecule has 3 aliphatic heterocycles. The number of amides is 3. The Morgan fingerprint density at radius 3 is 1.44 bits per heavy atom. The van der Waals surface area contributed by atoms with Crippen LogP contribution < -0.4 is 16.0 Å². The maximum absolute atomic E-state index is 16.9. The molecule has 554 valence electrons. The molecule has 38 heteroatoms. The summed E-state index contributed by atoms with van der Waals surface area (Å²) in [5.74, 6) is -18.7. The van der Waals surface area contributed by atoms with E-state index in [1.165, 1.54) is 75.6 Å². The topological polar surface area (TPSA) is 270 Å². The van der Waals surface area contributed by atoms with Crippen LogP contribution in [-0.2, 0) is 38.4 Å². The highest BCUT2D eigenvalue weighted by atomic mass is 19.4. The molecule has 0 radical (unpaired) electrons. The van der Waals surface area contributed by atoms with E-state index in [9.17, 15) is 49.1 Å². The number of halogens is 15. The molecule has 12 rings (SSSR count). The average molecular weight is 1480 g/mol. The van der Waals surface area contributed by atoms with E-state index in [1.807, 2.05) is 0 Å². The van der Waals surface area contributed by atoms with Crippen LogP contribution in [0.3, 0.4) is 0 Å². The smallest absolute Gasteiger partial charge is 0.434 e. The second-order valence-electron chi connectivity index (χ2n) is 26.0. The number of carbonyl (C=O) groups excluding carboxylic acids is 3. The van der Waals surface area contributed by atoms with Crippen molar-refractivity contribution in [3.05, 3.63) is 168 Å². The Morgan fingerprint density at radius 1 is 0.514 bits per heavy atom. The lowest BCUT2D eigenvalue weighted by Crippen LogP contribution is -2.58. The highest BCUT2D eigenvalue weighted by Crippen LogP contribution is 2.44. The van der Waals surface area contributed by atoms with Crippen LogP contribution in [0.5, 0.6) is 0 Å². The molecule has 23 nitrogen and oxygen atoms in total. The molecule has 3 aliphatic rings. The molecule has 105 heavy (non-hydrogen) atoms. The van der Waals surface area contributed by atoms with Gasteiger partial charge in [-0.05, 0) is 53.9 Å². The molecule has 11 heterocycles. The first-order valence-corrected chi connectivity index (χ1v) is 32.3. The number of likely N-dealkylation sites (tertiary alicyclic amines) is 3. The van der Waals surface area contributed by atoms with E-state index in [2.05, 4.69) is 70.9 Å². The normalized spacial score (nSPS) is 20.4. The third-order valence-corrected chi connectivity index (χ3v) is 18.2. The molecule has 8 aromatic heterocycles. The maximum Gasteiger partial charge on any atom is 0.434 e. The number of piperidine rings is 3. The van der Waals surface area contributed by atoms with Crippen LogP contribution in [-0.4, -0.2) is 167 Å². The third kappa shape index (κ3) is 16.7. The molecule has 0 saturated carbocycles. The van der Waals surface area contributed by atoms with Crippen LogP contribution in [0.2, 0.25) is 0 Å². The Labute approximate surface area is 585 Å². The van der Waals surface area contributed by atoms with Gasteiger partial charge in [0.25, 0.3) is 35.5 Å². The van der Waals surface area contributed by atoms with Gasteiger partial charge in [-0.25, -0.2) is 66.2 Å². The fourth-order valence-corrected chi connectivity index (χ4v) is 13.6. The number of nitrogens with one attached hydrogen (secondary N) is 3. The van der Waals surface area contributed by atoms with Gasteiger partial charge in [0, 0.05) is 113 Å². The van der Waals surface area contributed by atoms with Gasteiger partial charge in [-0.1, -0.05) is 37.3 Å². The fourth-order valence-electron chi connectivity index (χ4n) is 13.6. The number of carbonyl (C=O) groups is 3. The van der Waals surface area contributed by atoms with Crippen molar-refractivity contribution in [2.75, 3.05) is 55.2 Å². The van der Waals surface area contributed by atoms with E-state index >= 15 is 31.1 Å². The minimum atomic E-state index is -4.92. The number of rotatable bonds is 19. The van der Waals surface area contributed by atoms with Crippen molar-refractivity contribution in [3.63, 3.8) is 0 Å². The Kier molecular flexibility index (Phi) is 20.2. The van der Waals surface area contributed by atoms with Gasteiger partial charge in [0.2, 0.25) is 0 Å². The number of nitrogens with zero attached hydrogens (tertiary/aromatic N) is 15.